The lowest BCUT2D eigenvalue weighted by Crippen LogP contribution is -2.42. The van der Waals surface area contributed by atoms with E-state index >= 15 is 0 Å². The number of nitrogens with zero attached hydrogens (tertiary/aromatic N) is 1. The van der Waals surface area contributed by atoms with Crippen LogP contribution in [-0.4, -0.2) is 36.5 Å². The second-order valence-electron chi connectivity index (χ2n) is 4.56. The molecule has 8 nitrogen and oxygen atoms in total. The fourth-order valence-corrected chi connectivity index (χ4v) is 1.66. The van der Waals surface area contributed by atoms with Gasteiger partial charge in [0.05, 0.1) is 11.5 Å². The molecule has 2 amide bonds. The molecule has 0 aliphatic rings. The highest BCUT2D eigenvalue weighted by molar-refractivity contribution is 6.39. The maximum atomic E-state index is 11.7. The van der Waals surface area contributed by atoms with Crippen LogP contribution in [0.15, 0.2) is 18.2 Å². The number of anilines is 1. The summed E-state index contributed by atoms with van der Waals surface area (Å²) < 4.78 is 4.83. The Kier molecular flexibility index (Phi) is 5.79. The van der Waals surface area contributed by atoms with Gasteiger partial charge in [0.25, 0.3) is 5.69 Å². The van der Waals surface area contributed by atoms with Gasteiger partial charge in [-0.3, -0.25) is 19.7 Å². The second-order valence-corrected chi connectivity index (χ2v) is 4.56. The number of hydrogen-bond donors (Lipinski definition) is 2. The van der Waals surface area contributed by atoms with Crippen molar-refractivity contribution in [1.82, 2.24) is 5.32 Å². The van der Waals surface area contributed by atoms with E-state index in [1.807, 2.05) is 0 Å². The molecular formula is C13H17N3O5. The molecule has 0 bridgehead atoms. The number of benzene rings is 1. The average molecular weight is 295 g/mol. The molecule has 1 atom stereocenters. The SMILES string of the molecule is COC[C@@H](C)NC(=O)C(=O)Nc1ccc(C)cc1[N+](=O)[O-]. The normalized spacial score (nSPS) is 11.6. The van der Waals surface area contributed by atoms with Crippen molar-refractivity contribution < 1.29 is 19.2 Å². The van der Waals surface area contributed by atoms with Crippen molar-refractivity contribution in [2.45, 2.75) is 19.9 Å². The third kappa shape index (κ3) is 4.84. The molecule has 2 N–H and O–H groups in total. The van der Waals surface area contributed by atoms with Gasteiger partial charge in [-0.15, -0.1) is 0 Å². The first-order valence-corrected chi connectivity index (χ1v) is 6.21. The number of carbonyl (C=O) groups excluding carboxylic acids is 2. The van der Waals surface area contributed by atoms with Crippen molar-refractivity contribution in [3.63, 3.8) is 0 Å². The minimum atomic E-state index is -0.968. The zero-order chi connectivity index (χ0) is 16.0. The molecule has 1 rings (SSSR count). The number of nitro groups is 1. The predicted molar refractivity (Wildman–Crippen MR) is 75.9 cm³/mol. The van der Waals surface area contributed by atoms with Crippen LogP contribution in [0.5, 0.6) is 0 Å². The Morgan fingerprint density at radius 1 is 1.38 bits per heavy atom. The quantitative estimate of drug-likeness (QED) is 0.478. The topological polar surface area (TPSA) is 111 Å². The van der Waals surface area contributed by atoms with Gasteiger partial charge in [0.1, 0.15) is 5.69 Å². The van der Waals surface area contributed by atoms with Crippen molar-refractivity contribution in [3.8, 4) is 0 Å². The van der Waals surface area contributed by atoms with Crippen LogP contribution < -0.4 is 10.6 Å². The van der Waals surface area contributed by atoms with Crippen LogP contribution in [0.4, 0.5) is 11.4 Å². The molecule has 0 aromatic heterocycles. The number of nitrogens with one attached hydrogen (secondary N) is 2. The fourth-order valence-electron chi connectivity index (χ4n) is 1.66. The van der Waals surface area contributed by atoms with Crippen molar-refractivity contribution in [3.05, 3.63) is 33.9 Å². The minimum absolute atomic E-state index is 0.0230. The number of rotatable bonds is 5. The van der Waals surface area contributed by atoms with Gasteiger partial charge in [-0.2, -0.15) is 0 Å². The van der Waals surface area contributed by atoms with Crippen LogP contribution in [-0.2, 0) is 14.3 Å². The fraction of sp³-hybridized carbons (Fsp3) is 0.385. The van der Waals surface area contributed by atoms with Gasteiger partial charge in [0.15, 0.2) is 0 Å². The molecule has 0 saturated carbocycles. The first kappa shape index (κ1) is 16.6. The van der Waals surface area contributed by atoms with Crippen molar-refractivity contribution in [2.24, 2.45) is 0 Å². The van der Waals surface area contributed by atoms with E-state index in [2.05, 4.69) is 10.6 Å². The zero-order valence-corrected chi connectivity index (χ0v) is 12.0. The standard InChI is InChI=1S/C13H17N3O5/c1-8-4-5-10(11(6-8)16(19)20)15-13(18)12(17)14-9(2)7-21-3/h4-6,9H,7H2,1-3H3,(H,14,17)(H,15,18)/t9-/m1/s1. The molecule has 0 aliphatic carbocycles. The van der Waals surface area contributed by atoms with Crippen LogP contribution in [0, 0.1) is 17.0 Å². The summed E-state index contributed by atoms with van der Waals surface area (Å²) in [4.78, 5) is 33.7. The average Bonchev–Trinajstić information content (AvgIpc) is 2.40. The first-order valence-electron chi connectivity index (χ1n) is 6.21. The Morgan fingerprint density at radius 2 is 2.05 bits per heavy atom. The van der Waals surface area contributed by atoms with E-state index in [1.165, 1.54) is 19.2 Å². The van der Waals surface area contributed by atoms with Crippen LogP contribution in [0.2, 0.25) is 0 Å². The van der Waals surface area contributed by atoms with E-state index < -0.39 is 16.7 Å². The van der Waals surface area contributed by atoms with Crippen molar-refractivity contribution >= 4 is 23.2 Å². The molecule has 1 aromatic rings. The van der Waals surface area contributed by atoms with Gasteiger partial charge in [-0.1, -0.05) is 6.07 Å². The van der Waals surface area contributed by atoms with Gasteiger partial charge in [0.2, 0.25) is 0 Å². The molecule has 0 aliphatic heterocycles. The Morgan fingerprint density at radius 3 is 2.62 bits per heavy atom. The summed E-state index contributed by atoms with van der Waals surface area (Å²) in [5.74, 6) is -1.85. The molecule has 0 fully saturated rings. The maximum Gasteiger partial charge on any atom is 0.313 e. The number of ether oxygens (including phenoxy) is 1. The molecule has 8 heteroatoms. The largest absolute Gasteiger partial charge is 0.383 e. The number of aryl methyl sites for hydroxylation is 1. The highest BCUT2D eigenvalue weighted by Gasteiger charge is 2.21. The minimum Gasteiger partial charge on any atom is -0.383 e. The third-order valence-electron chi connectivity index (χ3n) is 2.60. The van der Waals surface area contributed by atoms with E-state index in [0.717, 1.165) is 0 Å². The van der Waals surface area contributed by atoms with Gasteiger partial charge >= 0.3 is 11.8 Å². The molecule has 0 saturated heterocycles. The Balaban J connectivity index is 2.79. The number of amides is 2. The van der Waals surface area contributed by atoms with E-state index in [4.69, 9.17) is 4.74 Å². The van der Waals surface area contributed by atoms with Gasteiger partial charge < -0.3 is 15.4 Å². The lowest BCUT2D eigenvalue weighted by atomic mass is 10.2. The summed E-state index contributed by atoms with van der Waals surface area (Å²) in [5.41, 5.74) is 0.393. The highest BCUT2D eigenvalue weighted by atomic mass is 16.6. The molecule has 21 heavy (non-hydrogen) atoms. The molecule has 0 unspecified atom stereocenters. The number of methoxy groups -OCH3 is 1. The summed E-state index contributed by atoms with van der Waals surface area (Å²) in [7, 11) is 1.47. The Labute approximate surface area is 121 Å². The highest BCUT2D eigenvalue weighted by Crippen LogP contribution is 2.25. The van der Waals surface area contributed by atoms with E-state index in [9.17, 15) is 19.7 Å². The Hall–Kier alpha value is -2.48. The van der Waals surface area contributed by atoms with Crippen LogP contribution >= 0.6 is 0 Å². The number of nitro benzene ring substituents is 1. The zero-order valence-electron chi connectivity index (χ0n) is 12.0. The summed E-state index contributed by atoms with van der Waals surface area (Å²) in [5, 5.41) is 15.6. The number of hydrogen-bond acceptors (Lipinski definition) is 5. The van der Waals surface area contributed by atoms with Crippen LogP contribution in [0.1, 0.15) is 12.5 Å². The summed E-state index contributed by atoms with van der Waals surface area (Å²) in [6.07, 6.45) is 0. The summed E-state index contributed by atoms with van der Waals surface area (Å²) in [6, 6.07) is 3.97. The summed E-state index contributed by atoms with van der Waals surface area (Å²) >= 11 is 0. The van der Waals surface area contributed by atoms with Crippen molar-refractivity contribution in [2.75, 3.05) is 19.0 Å². The Bertz CT molecular complexity index is 559. The molecule has 0 radical (unpaired) electrons. The van der Waals surface area contributed by atoms with Gasteiger partial charge in [-0.05, 0) is 25.5 Å². The molecular weight excluding hydrogens is 278 g/mol. The first-order chi connectivity index (χ1) is 9.85. The predicted octanol–water partition coefficient (Wildman–Crippen LogP) is 0.993. The van der Waals surface area contributed by atoms with E-state index in [-0.39, 0.29) is 24.0 Å². The molecule has 114 valence electrons. The molecule has 0 spiro atoms. The van der Waals surface area contributed by atoms with Crippen LogP contribution in [0.3, 0.4) is 0 Å². The third-order valence-corrected chi connectivity index (χ3v) is 2.60. The van der Waals surface area contributed by atoms with Crippen molar-refractivity contribution in [1.29, 1.82) is 0 Å². The lowest BCUT2D eigenvalue weighted by Gasteiger charge is -2.12. The van der Waals surface area contributed by atoms with Gasteiger partial charge in [0, 0.05) is 19.2 Å². The molecule has 0 heterocycles. The molecule has 1 aromatic carbocycles. The van der Waals surface area contributed by atoms with E-state index in [1.54, 1.807) is 19.9 Å². The maximum absolute atomic E-state index is 11.7. The number of carbonyl (C=O) groups is 2. The van der Waals surface area contributed by atoms with E-state index in [0.29, 0.717) is 5.56 Å². The van der Waals surface area contributed by atoms with Gasteiger partial charge in [-0.25, -0.2) is 0 Å². The van der Waals surface area contributed by atoms with Crippen LogP contribution in [0.25, 0.3) is 0 Å². The summed E-state index contributed by atoms with van der Waals surface area (Å²) in [6.45, 7) is 3.62. The monoisotopic (exact) mass is 295 g/mol. The second kappa shape index (κ2) is 7.34. The smallest absolute Gasteiger partial charge is 0.313 e. The lowest BCUT2D eigenvalue weighted by molar-refractivity contribution is -0.384.